The van der Waals surface area contributed by atoms with Crippen molar-refractivity contribution in [1.29, 1.82) is 0 Å². The van der Waals surface area contributed by atoms with Crippen LogP contribution in [0.5, 0.6) is 0 Å². The van der Waals surface area contributed by atoms with E-state index in [1.165, 1.54) is 21.1 Å². The number of hydrogen-bond acceptors (Lipinski definition) is 6. The second kappa shape index (κ2) is 7.80. The molecule has 1 unspecified atom stereocenters. The Labute approximate surface area is 168 Å². The summed E-state index contributed by atoms with van der Waals surface area (Å²) < 4.78 is 5.33. The maximum atomic E-state index is 6.22. The summed E-state index contributed by atoms with van der Waals surface area (Å²) >= 11 is 8.00. The van der Waals surface area contributed by atoms with Crippen molar-refractivity contribution in [3.63, 3.8) is 0 Å². The average molecular weight is 405 g/mol. The van der Waals surface area contributed by atoms with E-state index in [2.05, 4.69) is 35.2 Å². The van der Waals surface area contributed by atoms with E-state index in [4.69, 9.17) is 21.3 Å². The number of aromatic nitrogens is 1. The predicted octanol–water partition coefficient (Wildman–Crippen LogP) is 2.08. The van der Waals surface area contributed by atoms with E-state index in [9.17, 15) is 0 Å². The van der Waals surface area contributed by atoms with E-state index in [1.807, 2.05) is 12.3 Å². The van der Waals surface area contributed by atoms with Crippen LogP contribution in [0, 0.1) is 6.92 Å². The number of likely N-dealkylation sites (N-methyl/N-ethyl adjacent to an activating group) is 1. The molecule has 27 heavy (non-hydrogen) atoms. The van der Waals surface area contributed by atoms with Gasteiger partial charge in [-0.15, -0.1) is 11.3 Å². The SMILES string of the molecule is COCCC1CN(C2=c3ncc(Cl)cc3=CNc3sc(C)cc32)CCN1C. The number of thiophene rings is 1. The van der Waals surface area contributed by atoms with Crippen LogP contribution in [0.1, 0.15) is 16.9 Å². The number of halogens is 1. The molecule has 0 amide bonds. The average Bonchev–Trinajstić information content (AvgIpc) is 2.95. The Balaban J connectivity index is 1.83. The number of methoxy groups -OCH3 is 1. The molecule has 2 aliphatic heterocycles. The van der Waals surface area contributed by atoms with E-state index >= 15 is 0 Å². The van der Waals surface area contributed by atoms with E-state index < -0.39 is 0 Å². The van der Waals surface area contributed by atoms with Gasteiger partial charge in [0.2, 0.25) is 0 Å². The summed E-state index contributed by atoms with van der Waals surface area (Å²) in [4.78, 5) is 11.0. The van der Waals surface area contributed by atoms with E-state index in [0.29, 0.717) is 11.1 Å². The predicted molar refractivity (Wildman–Crippen MR) is 113 cm³/mol. The first-order valence-corrected chi connectivity index (χ1v) is 10.4. The van der Waals surface area contributed by atoms with Crippen molar-refractivity contribution in [2.24, 2.45) is 0 Å². The Morgan fingerprint density at radius 1 is 1.37 bits per heavy atom. The molecule has 1 saturated heterocycles. The fourth-order valence-electron chi connectivity index (χ4n) is 3.87. The van der Waals surface area contributed by atoms with Gasteiger partial charge in [-0.2, -0.15) is 0 Å². The molecule has 2 aromatic rings. The fraction of sp³-hybridized carbons (Fsp3) is 0.450. The van der Waals surface area contributed by atoms with Crippen LogP contribution < -0.4 is 15.9 Å². The van der Waals surface area contributed by atoms with Gasteiger partial charge in [0.15, 0.2) is 0 Å². The second-order valence-corrected chi connectivity index (χ2v) is 8.88. The van der Waals surface area contributed by atoms with E-state index in [1.54, 1.807) is 24.6 Å². The summed E-state index contributed by atoms with van der Waals surface area (Å²) in [6.07, 6.45) is 4.79. The Kier molecular flexibility index (Phi) is 5.41. The third-order valence-corrected chi connectivity index (χ3v) is 6.51. The molecule has 2 aliphatic rings. The highest BCUT2D eigenvalue weighted by atomic mass is 35.5. The molecule has 4 rings (SSSR count). The van der Waals surface area contributed by atoms with Crippen LogP contribution in [0.15, 0.2) is 18.3 Å². The van der Waals surface area contributed by atoms with Crippen molar-refractivity contribution in [1.82, 2.24) is 14.8 Å². The lowest BCUT2D eigenvalue weighted by molar-refractivity contribution is 0.0960. The summed E-state index contributed by atoms with van der Waals surface area (Å²) in [6.45, 7) is 5.90. The molecule has 144 valence electrons. The first-order valence-electron chi connectivity index (χ1n) is 9.24. The Morgan fingerprint density at radius 3 is 3.04 bits per heavy atom. The number of fused-ring (bicyclic) bond motifs is 2. The summed E-state index contributed by atoms with van der Waals surface area (Å²) in [5.41, 5.74) is 2.44. The Bertz CT molecular complexity index is 957. The first kappa shape index (κ1) is 18.7. The third-order valence-electron chi connectivity index (χ3n) is 5.33. The molecule has 0 spiro atoms. The number of aryl methyl sites for hydroxylation is 1. The number of nitrogens with zero attached hydrogens (tertiary/aromatic N) is 3. The van der Waals surface area contributed by atoms with Gasteiger partial charge in [0.05, 0.1) is 16.1 Å². The minimum atomic E-state index is 0.463. The van der Waals surface area contributed by atoms with E-state index in [0.717, 1.165) is 43.2 Å². The number of rotatable bonds is 4. The zero-order chi connectivity index (χ0) is 19.0. The maximum Gasteiger partial charge on any atom is 0.102 e. The van der Waals surface area contributed by atoms with Crippen molar-refractivity contribution in [3.05, 3.63) is 44.4 Å². The summed E-state index contributed by atoms with van der Waals surface area (Å²) in [5.74, 6) is 0. The number of piperazine rings is 1. The lowest BCUT2D eigenvalue weighted by Gasteiger charge is -2.41. The quantitative estimate of drug-likeness (QED) is 0.844. The van der Waals surface area contributed by atoms with Gasteiger partial charge >= 0.3 is 0 Å². The topological polar surface area (TPSA) is 40.6 Å². The smallest absolute Gasteiger partial charge is 0.102 e. The summed E-state index contributed by atoms with van der Waals surface area (Å²) in [5, 5.41) is 7.33. The molecular formula is C20H25ClN4OS. The Hall–Kier alpha value is -1.60. The van der Waals surface area contributed by atoms with Gasteiger partial charge in [-0.1, -0.05) is 11.6 Å². The number of pyridine rings is 1. The van der Waals surface area contributed by atoms with Crippen LogP contribution in [-0.2, 0) is 4.74 Å². The van der Waals surface area contributed by atoms with Crippen molar-refractivity contribution in [3.8, 4) is 0 Å². The van der Waals surface area contributed by atoms with Crippen molar-refractivity contribution < 1.29 is 4.74 Å². The lowest BCUT2D eigenvalue weighted by atomic mass is 10.1. The second-order valence-electron chi connectivity index (χ2n) is 7.19. The molecule has 1 fully saturated rings. The zero-order valence-corrected chi connectivity index (χ0v) is 17.5. The minimum absolute atomic E-state index is 0.463. The number of ether oxygens (including phenoxy) is 1. The molecule has 0 radical (unpaired) electrons. The zero-order valence-electron chi connectivity index (χ0n) is 16.0. The molecule has 7 heteroatoms. The van der Waals surface area contributed by atoms with Gasteiger partial charge in [0.1, 0.15) is 5.00 Å². The van der Waals surface area contributed by atoms with Gasteiger partial charge in [-0.05, 0) is 32.5 Å². The normalized spacial score (nSPS) is 19.8. The molecule has 5 nitrogen and oxygen atoms in total. The van der Waals surface area contributed by atoms with Gasteiger partial charge < -0.3 is 15.0 Å². The van der Waals surface area contributed by atoms with Crippen LogP contribution in [0.4, 0.5) is 5.00 Å². The van der Waals surface area contributed by atoms with Gasteiger partial charge in [-0.25, -0.2) is 0 Å². The first-order chi connectivity index (χ1) is 13.1. The van der Waals surface area contributed by atoms with Gasteiger partial charge in [0.25, 0.3) is 0 Å². The minimum Gasteiger partial charge on any atom is -0.385 e. The van der Waals surface area contributed by atoms with Gasteiger partial charge in [-0.3, -0.25) is 9.88 Å². The molecule has 2 aromatic heterocycles. The molecule has 0 bridgehead atoms. The Morgan fingerprint density at radius 2 is 2.22 bits per heavy atom. The highest BCUT2D eigenvalue weighted by molar-refractivity contribution is 7.16. The standard InChI is InChI=1S/C20H25ClN4OS/c1-13-8-17-19(25-6-5-24(2)16(12-25)4-7-26-3)18-14(9-15(21)11-22-18)10-23-20(17)27-13/h8-11,16,23H,4-7,12H2,1-3H3. The van der Waals surface area contributed by atoms with Gasteiger partial charge in [0, 0.05) is 67.4 Å². The highest BCUT2D eigenvalue weighted by Crippen LogP contribution is 2.34. The molecule has 0 saturated carbocycles. The monoisotopic (exact) mass is 404 g/mol. The molecule has 1 N–H and O–H groups in total. The van der Waals surface area contributed by atoms with Crippen LogP contribution in [-0.4, -0.2) is 61.2 Å². The summed E-state index contributed by atoms with van der Waals surface area (Å²) in [7, 11) is 3.98. The number of nitrogens with one attached hydrogen (secondary N) is 1. The van der Waals surface area contributed by atoms with Crippen LogP contribution in [0.2, 0.25) is 5.02 Å². The lowest BCUT2D eigenvalue weighted by Crippen LogP contribution is -2.52. The summed E-state index contributed by atoms with van der Waals surface area (Å²) in [6, 6.07) is 4.72. The molecule has 0 aliphatic carbocycles. The fourth-order valence-corrected chi connectivity index (χ4v) is 4.91. The van der Waals surface area contributed by atoms with Crippen molar-refractivity contribution >= 4 is 39.8 Å². The largest absolute Gasteiger partial charge is 0.385 e. The number of hydrogen-bond donors (Lipinski definition) is 1. The highest BCUT2D eigenvalue weighted by Gasteiger charge is 2.28. The van der Waals surface area contributed by atoms with E-state index in [-0.39, 0.29) is 0 Å². The molecule has 0 aromatic carbocycles. The number of anilines is 1. The van der Waals surface area contributed by atoms with Crippen molar-refractivity contribution in [2.45, 2.75) is 19.4 Å². The third kappa shape index (κ3) is 3.72. The molecule has 4 heterocycles. The van der Waals surface area contributed by atoms with Crippen LogP contribution >= 0.6 is 22.9 Å². The molecular weight excluding hydrogens is 380 g/mol. The van der Waals surface area contributed by atoms with Crippen molar-refractivity contribution in [2.75, 3.05) is 45.7 Å². The van der Waals surface area contributed by atoms with Crippen LogP contribution in [0.3, 0.4) is 0 Å². The molecule has 1 atom stereocenters. The maximum absolute atomic E-state index is 6.22. The van der Waals surface area contributed by atoms with Crippen LogP contribution in [0.25, 0.3) is 11.9 Å².